The predicted octanol–water partition coefficient (Wildman–Crippen LogP) is 3.54. The van der Waals surface area contributed by atoms with E-state index in [4.69, 9.17) is 9.84 Å². The van der Waals surface area contributed by atoms with E-state index in [0.717, 1.165) is 11.1 Å². The fourth-order valence-corrected chi connectivity index (χ4v) is 2.91. The van der Waals surface area contributed by atoms with E-state index < -0.39 is 11.9 Å². The average molecular weight is 356 g/mol. The number of hydrogen-bond acceptors (Lipinski definition) is 4. The highest BCUT2D eigenvalue weighted by Crippen LogP contribution is 2.30. The van der Waals surface area contributed by atoms with Gasteiger partial charge in [-0.3, -0.25) is 4.79 Å². The summed E-state index contributed by atoms with van der Waals surface area (Å²) in [6.45, 7) is 0. The van der Waals surface area contributed by atoms with Crippen LogP contribution >= 0.6 is 0 Å². The molecule has 1 heterocycles. The molecule has 1 amide bonds. The number of carboxylic acid groups (broad SMARTS) is 1. The minimum Gasteiger partial charge on any atom is -0.481 e. The molecule has 2 aromatic rings. The molecule has 1 aliphatic rings. The van der Waals surface area contributed by atoms with Gasteiger partial charge in [0.2, 0.25) is 5.88 Å². The zero-order valence-electron chi connectivity index (χ0n) is 14.1. The second-order valence-corrected chi connectivity index (χ2v) is 5.84. The van der Waals surface area contributed by atoms with Crippen LogP contribution in [0.5, 0.6) is 5.88 Å². The van der Waals surface area contributed by atoms with Gasteiger partial charge in [-0.15, -0.1) is 5.12 Å². The molecule has 0 bridgehead atoms. The summed E-state index contributed by atoms with van der Waals surface area (Å²) >= 11 is 0. The Morgan fingerprint density at radius 3 is 2.31 bits per heavy atom. The molecule has 3 rings (SSSR count). The molecule has 0 aliphatic heterocycles. The third kappa shape index (κ3) is 3.42. The van der Waals surface area contributed by atoms with Crippen molar-refractivity contribution in [1.82, 2.24) is 4.98 Å². The van der Waals surface area contributed by atoms with Gasteiger partial charge < -0.3 is 9.84 Å². The minimum absolute atomic E-state index is 0.000352. The number of hydrogen-bond donors (Lipinski definition) is 1. The van der Waals surface area contributed by atoms with E-state index >= 15 is 0 Å². The van der Waals surface area contributed by atoms with Crippen LogP contribution < -0.4 is 9.86 Å². The summed E-state index contributed by atoms with van der Waals surface area (Å²) in [6.07, 6.45) is 2.73. The number of benzene rings is 1. The van der Waals surface area contributed by atoms with Crippen LogP contribution in [-0.4, -0.2) is 29.1 Å². The quantitative estimate of drug-likeness (QED) is 0.829. The number of nitrogens with zero attached hydrogens (tertiary/aromatic N) is 2. The van der Waals surface area contributed by atoms with Crippen molar-refractivity contribution in [2.45, 2.75) is 19.3 Å². The van der Waals surface area contributed by atoms with Crippen LogP contribution in [0.3, 0.4) is 0 Å². The van der Waals surface area contributed by atoms with E-state index in [1.807, 2.05) is 6.07 Å². The van der Waals surface area contributed by atoms with Gasteiger partial charge in [-0.2, -0.15) is 0 Å². The first-order valence-corrected chi connectivity index (χ1v) is 8.07. The Morgan fingerprint density at radius 2 is 1.73 bits per heavy atom. The number of aromatic nitrogens is 1. The van der Waals surface area contributed by atoms with Gasteiger partial charge in [0.05, 0.1) is 12.8 Å². The summed E-state index contributed by atoms with van der Waals surface area (Å²) in [5.74, 6) is -1.59. The lowest BCUT2D eigenvalue weighted by atomic mass is 10.1. The molecule has 1 N–H and O–H groups in total. The summed E-state index contributed by atoms with van der Waals surface area (Å²) in [5.41, 5.74) is 1.70. The number of carbonyl (C=O) groups is 2. The maximum Gasteiger partial charge on any atom is 0.332 e. The number of ether oxygens (including phenoxy) is 1. The first-order chi connectivity index (χ1) is 12.5. The zero-order chi connectivity index (χ0) is 18.7. The fraction of sp³-hybridized carbons (Fsp3) is 0.211. The van der Waals surface area contributed by atoms with E-state index in [2.05, 4.69) is 4.98 Å². The molecule has 0 atom stereocenters. The van der Waals surface area contributed by atoms with Crippen molar-refractivity contribution >= 4 is 17.6 Å². The molecule has 1 aliphatic carbocycles. The molecule has 0 unspecified atom stereocenters. The number of amides is 1. The van der Waals surface area contributed by atoms with Gasteiger partial charge in [-0.1, -0.05) is 16.6 Å². The van der Waals surface area contributed by atoms with Crippen LogP contribution in [0.25, 0.3) is 11.1 Å². The van der Waals surface area contributed by atoms with Crippen molar-refractivity contribution in [2.24, 2.45) is 0 Å². The zero-order valence-corrected chi connectivity index (χ0v) is 14.1. The highest BCUT2D eigenvalue weighted by Gasteiger charge is 2.29. The van der Waals surface area contributed by atoms with Crippen LogP contribution in [0.15, 0.2) is 53.7 Å². The summed E-state index contributed by atoms with van der Waals surface area (Å²) in [7, 11) is 1.53. The Morgan fingerprint density at radius 1 is 1.08 bits per heavy atom. The standard InChI is InChI=1S/C19H17FN2O4/c1-26-17-10-7-13(11-21-17)12-5-8-14(9-6-12)22(20)18(23)15-3-2-4-16(15)19(24)25/h5-11H,2-4H2,1H3,(H,24,25). The normalized spacial score (nSPS) is 13.6. The molecular weight excluding hydrogens is 339 g/mol. The van der Waals surface area contributed by atoms with Crippen molar-refractivity contribution in [2.75, 3.05) is 12.2 Å². The van der Waals surface area contributed by atoms with E-state index in [1.165, 1.54) is 19.2 Å². The number of carboxylic acids is 1. The smallest absolute Gasteiger partial charge is 0.332 e. The van der Waals surface area contributed by atoms with Gasteiger partial charge in [0, 0.05) is 29.0 Å². The van der Waals surface area contributed by atoms with Crippen molar-refractivity contribution in [3.63, 3.8) is 0 Å². The molecule has 26 heavy (non-hydrogen) atoms. The molecule has 0 saturated carbocycles. The van der Waals surface area contributed by atoms with E-state index in [1.54, 1.807) is 24.4 Å². The van der Waals surface area contributed by atoms with Crippen molar-refractivity contribution in [3.05, 3.63) is 53.7 Å². The number of anilines is 1. The van der Waals surface area contributed by atoms with Crippen molar-refractivity contribution in [1.29, 1.82) is 0 Å². The Bertz CT molecular complexity index is 860. The van der Waals surface area contributed by atoms with E-state index in [-0.39, 0.29) is 34.8 Å². The maximum absolute atomic E-state index is 14.5. The fourth-order valence-electron chi connectivity index (χ4n) is 2.91. The highest BCUT2D eigenvalue weighted by molar-refractivity contribution is 6.09. The van der Waals surface area contributed by atoms with Gasteiger partial charge >= 0.3 is 5.97 Å². The van der Waals surface area contributed by atoms with Gasteiger partial charge in [0.25, 0.3) is 5.91 Å². The average Bonchev–Trinajstić information content (AvgIpc) is 3.17. The number of rotatable bonds is 5. The van der Waals surface area contributed by atoms with Gasteiger partial charge in [-0.05, 0) is 43.0 Å². The van der Waals surface area contributed by atoms with Crippen LogP contribution in [0.4, 0.5) is 10.2 Å². The number of pyridine rings is 1. The van der Waals surface area contributed by atoms with E-state index in [0.29, 0.717) is 12.3 Å². The molecule has 1 aromatic heterocycles. The summed E-state index contributed by atoms with van der Waals surface area (Å²) < 4.78 is 19.5. The van der Waals surface area contributed by atoms with Gasteiger partial charge in [0.1, 0.15) is 0 Å². The Labute approximate surface area is 149 Å². The third-order valence-corrected chi connectivity index (χ3v) is 4.29. The number of methoxy groups -OCH3 is 1. The summed E-state index contributed by atoms with van der Waals surface area (Å²) in [5, 5.41) is 9.12. The molecule has 6 nitrogen and oxygen atoms in total. The van der Waals surface area contributed by atoms with Gasteiger partial charge in [0.15, 0.2) is 0 Å². The minimum atomic E-state index is -1.17. The number of aliphatic carboxylic acids is 1. The van der Waals surface area contributed by atoms with Crippen LogP contribution in [0.1, 0.15) is 19.3 Å². The predicted molar refractivity (Wildman–Crippen MR) is 93.3 cm³/mol. The Balaban J connectivity index is 1.80. The largest absolute Gasteiger partial charge is 0.481 e. The third-order valence-electron chi connectivity index (χ3n) is 4.29. The molecule has 7 heteroatoms. The van der Waals surface area contributed by atoms with Crippen molar-refractivity contribution in [3.8, 4) is 17.0 Å². The Hall–Kier alpha value is -3.22. The van der Waals surface area contributed by atoms with E-state index in [9.17, 15) is 14.1 Å². The Kier molecular flexibility index (Phi) is 4.97. The lowest BCUT2D eigenvalue weighted by Crippen LogP contribution is -2.24. The van der Waals surface area contributed by atoms with Crippen LogP contribution in [0.2, 0.25) is 0 Å². The number of halogens is 1. The molecule has 0 radical (unpaired) electrons. The molecular formula is C19H17FN2O4. The summed E-state index contributed by atoms with van der Waals surface area (Å²) in [6, 6.07) is 9.80. The molecule has 0 fully saturated rings. The van der Waals surface area contributed by atoms with Gasteiger partial charge in [-0.25, -0.2) is 9.78 Å². The maximum atomic E-state index is 14.5. The number of carbonyl (C=O) groups excluding carboxylic acids is 1. The van der Waals surface area contributed by atoms with Crippen LogP contribution in [0, 0.1) is 0 Å². The SMILES string of the molecule is COc1ccc(-c2ccc(N(F)C(=O)C3=C(C(=O)O)CCC3)cc2)cn1. The molecule has 0 saturated heterocycles. The van der Waals surface area contributed by atoms with Crippen molar-refractivity contribution < 1.29 is 23.9 Å². The first kappa shape index (κ1) is 17.6. The molecule has 134 valence electrons. The lowest BCUT2D eigenvalue weighted by Gasteiger charge is -2.14. The van der Waals surface area contributed by atoms with Crippen LogP contribution in [-0.2, 0) is 9.59 Å². The molecule has 0 spiro atoms. The monoisotopic (exact) mass is 356 g/mol. The topological polar surface area (TPSA) is 79.7 Å². The first-order valence-electron chi connectivity index (χ1n) is 8.07. The second-order valence-electron chi connectivity index (χ2n) is 5.84. The summed E-state index contributed by atoms with van der Waals surface area (Å²) in [4.78, 5) is 27.6. The highest BCUT2D eigenvalue weighted by atomic mass is 19.2. The lowest BCUT2D eigenvalue weighted by molar-refractivity contribution is -0.133. The molecule has 1 aromatic carbocycles. The second kappa shape index (κ2) is 7.35.